The van der Waals surface area contributed by atoms with E-state index < -0.39 is 0 Å². The van der Waals surface area contributed by atoms with E-state index in [-0.39, 0.29) is 5.41 Å². The van der Waals surface area contributed by atoms with Gasteiger partial charge in [-0.15, -0.1) is 23.1 Å². The summed E-state index contributed by atoms with van der Waals surface area (Å²) in [7, 11) is 1.99. The molecule has 1 N–H and O–H groups in total. The molecule has 0 saturated heterocycles. The number of benzene rings is 1. The van der Waals surface area contributed by atoms with Gasteiger partial charge in [0.15, 0.2) is 0 Å². The summed E-state index contributed by atoms with van der Waals surface area (Å²) in [5, 5.41) is 6.65. The average molecular weight is 321 g/mol. The number of nitrogens with zero attached hydrogens (tertiary/aromatic N) is 1. The van der Waals surface area contributed by atoms with Gasteiger partial charge in [0.1, 0.15) is 5.01 Å². The quantitative estimate of drug-likeness (QED) is 0.784. The standard InChI is InChI=1S/C17H24N2S2/c1-12(18-5)13-6-8-14(9-7-13)20-11-16-19-15(10-21-16)17(2,3)4/h6-10,12,18H,11H2,1-5H3. The molecule has 4 heteroatoms. The van der Waals surface area contributed by atoms with Crippen LogP contribution in [0.1, 0.15) is 50.0 Å². The lowest BCUT2D eigenvalue weighted by Crippen LogP contribution is -2.11. The molecule has 2 rings (SSSR count). The molecule has 1 heterocycles. The maximum absolute atomic E-state index is 4.74. The number of hydrogen-bond donors (Lipinski definition) is 1. The van der Waals surface area contributed by atoms with Crippen molar-refractivity contribution in [3.05, 3.63) is 45.9 Å². The third kappa shape index (κ3) is 4.56. The largest absolute Gasteiger partial charge is 0.313 e. The highest BCUT2D eigenvalue weighted by molar-refractivity contribution is 7.98. The lowest BCUT2D eigenvalue weighted by Gasteiger charge is -2.14. The molecule has 2 aromatic rings. The van der Waals surface area contributed by atoms with Gasteiger partial charge in [0.05, 0.1) is 11.4 Å². The van der Waals surface area contributed by atoms with Gasteiger partial charge in [-0.2, -0.15) is 0 Å². The van der Waals surface area contributed by atoms with Crippen molar-refractivity contribution in [3.63, 3.8) is 0 Å². The number of hydrogen-bond acceptors (Lipinski definition) is 4. The third-order valence-electron chi connectivity index (χ3n) is 3.50. The molecular weight excluding hydrogens is 296 g/mol. The molecule has 0 radical (unpaired) electrons. The maximum Gasteiger partial charge on any atom is 0.103 e. The lowest BCUT2D eigenvalue weighted by molar-refractivity contribution is 0.572. The summed E-state index contributed by atoms with van der Waals surface area (Å²) < 4.78 is 0. The van der Waals surface area contributed by atoms with Gasteiger partial charge in [-0.25, -0.2) is 4.98 Å². The molecule has 0 fully saturated rings. The van der Waals surface area contributed by atoms with Crippen molar-refractivity contribution in [3.8, 4) is 0 Å². The van der Waals surface area contributed by atoms with Crippen LogP contribution < -0.4 is 5.32 Å². The van der Waals surface area contributed by atoms with Crippen LogP contribution in [0.25, 0.3) is 0 Å². The van der Waals surface area contributed by atoms with Crippen LogP contribution in [0.5, 0.6) is 0 Å². The number of thioether (sulfide) groups is 1. The molecule has 2 nitrogen and oxygen atoms in total. The van der Waals surface area contributed by atoms with Gasteiger partial charge in [-0.3, -0.25) is 0 Å². The maximum atomic E-state index is 4.74. The molecular formula is C17H24N2S2. The second-order valence-corrected chi connectivity index (χ2v) is 8.24. The highest BCUT2D eigenvalue weighted by atomic mass is 32.2. The second kappa shape index (κ2) is 6.95. The number of rotatable bonds is 5. The van der Waals surface area contributed by atoms with E-state index in [2.05, 4.69) is 62.7 Å². The predicted molar refractivity (Wildman–Crippen MR) is 94.3 cm³/mol. The first-order valence-corrected chi connectivity index (χ1v) is 9.11. The summed E-state index contributed by atoms with van der Waals surface area (Å²) in [5.74, 6) is 0.946. The molecule has 1 atom stereocenters. The van der Waals surface area contributed by atoms with Crippen LogP contribution in [0.15, 0.2) is 34.5 Å². The molecule has 0 aliphatic rings. The Morgan fingerprint density at radius 1 is 1.24 bits per heavy atom. The summed E-state index contributed by atoms with van der Waals surface area (Å²) in [6, 6.07) is 9.20. The molecule has 0 saturated carbocycles. The minimum Gasteiger partial charge on any atom is -0.313 e. The monoisotopic (exact) mass is 320 g/mol. The van der Waals surface area contributed by atoms with E-state index in [1.165, 1.54) is 21.2 Å². The van der Waals surface area contributed by atoms with Crippen molar-refractivity contribution in [2.45, 2.75) is 49.8 Å². The fourth-order valence-electron chi connectivity index (χ4n) is 1.89. The Balaban J connectivity index is 1.95. The van der Waals surface area contributed by atoms with Gasteiger partial charge in [-0.1, -0.05) is 32.9 Å². The SMILES string of the molecule is CNC(C)c1ccc(SCc2nc(C(C)(C)C)cs2)cc1. The van der Waals surface area contributed by atoms with Crippen LogP contribution in [0.2, 0.25) is 0 Å². The first-order valence-electron chi connectivity index (χ1n) is 7.25. The van der Waals surface area contributed by atoms with Gasteiger partial charge in [0, 0.05) is 21.7 Å². The Morgan fingerprint density at radius 2 is 1.90 bits per heavy atom. The van der Waals surface area contributed by atoms with Crippen molar-refractivity contribution in [1.82, 2.24) is 10.3 Å². The van der Waals surface area contributed by atoms with E-state index in [0.717, 1.165) is 5.75 Å². The van der Waals surface area contributed by atoms with E-state index in [0.29, 0.717) is 6.04 Å². The van der Waals surface area contributed by atoms with Gasteiger partial charge in [0.2, 0.25) is 0 Å². The molecule has 0 aliphatic carbocycles. The van der Waals surface area contributed by atoms with Gasteiger partial charge in [-0.05, 0) is 31.7 Å². The molecule has 0 aliphatic heterocycles. The summed E-state index contributed by atoms with van der Waals surface area (Å²) in [4.78, 5) is 6.04. The number of nitrogens with one attached hydrogen (secondary N) is 1. The van der Waals surface area contributed by atoms with Crippen LogP contribution in [0.3, 0.4) is 0 Å². The Hall–Kier alpha value is -0.840. The Bertz CT molecular complexity index is 567. The zero-order valence-corrected chi connectivity index (χ0v) is 15.1. The lowest BCUT2D eigenvalue weighted by atomic mass is 9.93. The van der Waals surface area contributed by atoms with Crippen molar-refractivity contribution >= 4 is 23.1 Å². The van der Waals surface area contributed by atoms with E-state index in [1.807, 2.05) is 18.8 Å². The Kier molecular flexibility index (Phi) is 5.47. The van der Waals surface area contributed by atoms with Crippen molar-refractivity contribution in [2.75, 3.05) is 7.05 Å². The van der Waals surface area contributed by atoms with E-state index in [1.54, 1.807) is 11.3 Å². The summed E-state index contributed by atoms with van der Waals surface area (Å²) >= 11 is 3.62. The Labute approximate surface area is 136 Å². The minimum absolute atomic E-state index is 0.143. The van der Waals surface area contributed by atoms with Crippen molar-refractivity contribution < 1.29 is 0 Å². The smallest absolute Gasteiger partial charge is 0.103 e. The van der Waals surface area contributed by atoms with E-state index in [9.17, 15) is 0 Å². The fourth-order valence-corrected chi connectivity index (χ4v) is 3.82. The first kappa shape index (κ1) is 16.5. The zero-order valence-electron chi connectivity index (χ0n) is 13.4. The molecule has 1 aromatic carbocycles. The number of thiazole rings is 1. The van der Waals surface area contributed by atoms with Crippen LogP contribution in [-0.4, -0.2) is 12.0 Å². The first-order chi connectivity index (χ1) is 9.90. The van der Waals surface area contributed by atoms with Gasteiger partial charge in [0.25, 0.3) is 0 Å². The molecule has 0 amide bonds. The summed E-state index contributed by atoms with van der Waals surface area (Å²) in [6.07, 6.45) is 0. The highest BCUT2D eigenvalue weighted by Crippen LogP contribution is 2.29. The molecule has 1 unspecified atom stereocenters. The summed E-state index contributed by atoms with van der Waals surface area (Å²) in [6.45, 7) is 8.80. The summed E-state index contributed by atoms with van der Waals surface area (Å²) in [5.41, 5.74) is 2.66. The normalized spacial score (nSPS) is 13.4. The second-order valence-electron chi connectivity index (χ2n) is 6.24. The predicted octanol–water partition coefficient (Wildman–Crippen LogP) is 5.01. The van der Waals surface area contributed by atoms with Crippen LogP contribution in [0.4, 0.5) is 0 Å². The highest BCUT2D eigenvalue weighted by Gasteiger charge is 2.17. The van der Waals surface area contributed by atoms with Crippen LogP contribution in [0, 0.1) is 0 Å². The minimum atomic E-state index is 0.143. The molecule has 114 valence electrons. The van der Waals surface area contributed by atoms with Crippen LogP contribution >= 0.6 is 23.1 Å². The molecule has 0 spiro atoms. The van der Waals surface area contributed by atoms with Gasteiger partial charge < -0.3 is 5.32 Å². The average Bonchev–Trinajstić information content (AvgIpc) is 2.94. The zero-order chi connectivity index (χ0) is 15.5. The van der Waals surface area contributed by atoms with E-state index >= 15 is 0 Å². The fraction of sp³-hybridized carbons (Fsp3) is 0.471. The third-order valence-corrected chi connectivity index (χ3v) is 5.55. The molecule has 0 bridgehead atoms. The molecule has 21 heavy (non-hydrogen) atoms. The molecule has 1 aromatic heterocycles. The van der Waals surface area contributed by atoms with E-state index in [4.69, 9.17) is 4.98 Å². The van der Waals surface area contributed by atoms with Gasteiger partial charge >= 0.3 is 0 Å². The van der Waals surface area contributed by atoms with Crippen LogP contribution in [-0.2, 0) is 11.2 Å². The van der Waals surface area contributed by atoms with Crippen molar-refractivity contribution in [1.29, 1.82) is 0 Å². The topological polar surface area (TPSA) is 24.9 Å². The van der Waals surface area contributed by atoms with Crippen molar-refractivity contribution in [2.24, 2.45) is 0 Å². The Morgan fingerprint density at radius 3 is 2.43 bits per heavy atom. The number of aromatic nitrogens is 1.